The maximum absolute atomic E-state index is 12.3. The fourth-order valence-corrected chi connectivity index (χ4v) is 3.88. The minimum atomic E-state index is -2.19. The fourth-order valence-electron chi connectivity index (χ4n) is 3.88. The third kappa shape index (κ3) is 6.61. The van der Waals surface area contributed by atoms with E-state index in [1.165, 1.54) is 63.4 Å². The van der Waals surface area contributed by atoms with Gasteiger partial charge in [-0.25, -0.2) is 8.78 Å². The molecule has 0 atom stereocenters. The third-order valence-electron chi connectivity index (χ3n) is 5.42. The molecule has 0 amide bonds. The fraction of sp³-hybridized carbons (Fsp3) is 0.714. The Bertz CT molecular complexity index is 416. The van der Waals surface area contributed by atoms with Crippen LogP contribution in [0.4, 0.5) is 8.78 Å². The summed E-state index contributed by atoms with van der Waals surface area (Å²) in [6.45, 7) is 2.27. The molecule has 0 unspecified atom stereocenters. The van der Waals surface area contributed by atoms with Crippen LogP contribution in [0.1, 0.15) is 88.2 Å². The van der Waals surface area contributed by atoms with Crippen LogP contribution in [-0.4, -0.2) is 6.43 Å². The molecule has 1 fully saturated rings. The van der Waals surface area contributed by atoms with Crippen LogP contribution < -0.4 is 0 Å². The second-order valence-corrected chi connectivity index (χ2v) is 7.24. The van der Waals surface area contributed by atoms with E-state index in [0.29, 0.717) is 12.3 Å². The zero-order chi connectivity index (χ0) is 16.5. The summed E-state index contributed by atoms with van der Waals surface area (Å²) >= 11 is 0. The number of halogens is 2. The number of hydrogen-bond acceptors (Lipinski definition) is 0. The standard InChI is InChI=1S/C21H32F2/c1-2-3-4-5-6-17-7-12-19(13-8-17)20-14-9-18(10-15-20)11-16-21(22)23/h9-10,14-15,17,19,21H,2-8,11-13,16H2,1H3. The van der Waals surface area contributed by atoms with E-state index in [0.717, 1.165) is 11.5 Å². The Morgan fingerprint density at radius 1 is 0.957 bits per heavy atom. The average molecular weight is 322 g/mol. The lowest BCUT2D eigenvalue weighted by atomic mass is 9.77. The van der Waals surface area contributed by atoms with Gasteiger partial charge in [0.1, 0.15) is 0 Å². The van der Waals surface area contributed by atoms with Crippen molar-refractivity contribution < 1.29 is 8.78 Å². The third-order valence-corrected chi connectivity index (χ3v) is 5.42. The van der Waals surface area contributed by atoms with Gasteiger partial charge in [0.25, 0.3) is 0 Å². The average Bonchev–Trinajstić information content (AvgIpc) is 2.58. The number of rotatable bonds is 9. The molecular weight excluding hydrogens is 290 g/mol. The smallest absolute Gasteiger partial charge is 0.211 e. The van der Waals surface area contributed by atoms with Crippen LogP contribution in [0, 0.1) is 5.92 Å². The maximum Gasteiger partial charge on any atom is 0.239 e. The van der Waals surface area contributed by atoms with Gasteiger partial charge in [0.05, 0.1) is 0 Å². The van der Waals surface area contributed by atoms with Gasteiger partial charge in [0, 0.05) is 6.42 Å². The van der Waals surface area contributed by atoms with Crippen molar-refractivity contribution in [3.8, 4) is 0 Å². The van der Waals surface area contributed by atoms with Crippen molar-refractivity contribution in [2.24, 2.45) is 5.92 Å². The lowest BCUT2D eigenvalue weighted by Gasteiger charge is -2.29. The van der Waals surface area contributed by atoms with Crippen LogP contribution in [0.15, 0.2) is 24.3 Å². The molecule has 0 nitrogen and oxygen atoms in total. The molecule has 1 saturated carbocycles. The van der Waals surface area contributed by atoms with Gasteiger partial charge in [-0.3, -0.25) is 0 Å². The van der Waals surface area contributed by atoms with Gasteiger partial charge in [-0.2, -0.15) is 0 Å². The molecule has 0 saturated heterocycles. The summed E-state index contributed by atoms with van der Waals surface area (Å²) in [5.74, 6) is 1.62. The Morgan fingerprint density at radius 3 is 2.26 bits per heavy atom. The molecule has 0 radical (unpaired) electrons. The highest BCUT2D eigenvalue weighted by Crippen LogP contribution is 2.37. The van der Waals surface area contributed by atoms with E-state index in [4.69, 9.17) is 0 Å². The quantitative estimate of drug-likeness (QED) is 0.424. The van der Waals surface area contributed by atoms with Crippen LogP contribution in [0.3, 0.4) is 0 Å². The largest absolute Gasteiger partial charge is 0.239 e. The Labute approximate surface area is 140 Å². The van der Waals surface area contributed by atoms with E-state index in [1.54, 1.807) is 0 Å². The summed E-state index contributed by atoms with van der Waals surface area (Å²) < 4.78 is 24.5. The Kier molecular flexibility index (Phi) is 8.05. The lowest BCUT2D eigenvalue weighted by molar-refractivity contribution is 0.138. The highest BCUT2D eigenvalue weighted by atomic mass is 19.3. The molecule has 0 spiro atoms. The van der Waals surface area contributed by atoms with E-state index in [2.05, 4.69) is 31.2 Å². The minimum Gasteiger partial charge on any atom is -0.211 e. The van der Waals surface area contributed by atoms with Gasteiger partial charge in [-0.05, 0) is 55.1 Å². The molecule has 2 rings (SSSR count). The molecule has 0 aliphatic heterocycles. The molecule has 130 valence electrons. The van der Waals surface area contributed by atoms with Gasteiger partial charge >= 0.3 is 0 Å². The molecule has 1 aliphatic carbocycles. The first-order chi connectivity index (χ1) is 11.2. The summed E-state index contributed by atoms with van der Waals surface area (Å²) in [5.41, 5.74) is 2.45. The second-order valence-electron chi connectivity index (χ2n) is 7.24. The minimum absolute atomic E-state index is 0.0253. The number of benzene rings is 1. The molecule has 1 aliphatic rings. The zero-order valence-corrected chi connectivity index (χ0v) is 14.6. The summed E-state index contributed by atoms with van der Waals surface area (Å²) in [6.07, 6.45) is 10.5. The maximum atomic E-state index is 12.3. The van der Waals surface area contributed by atoms with Gasteiger partial charge in [0.2, 0.25) is 6.43 Å². The van der Waals surface area contributed by atoms with Crippen LogP contribution in [-0.2, 0) is 6.42 Å². The van der Waals surface area contributed by atoms with E-state index in [-0.39, 0.29) is 6.42 Å². The highest BCUT2D eigenvalue weighted by Gasteiger charge is 2.21. The molecule has 23 heavy (non-hydrogen) atoms. The first-order valence-corrected chi connectivity index (χ1v) is 9.56. The molecule has 0 N–H and O–H groups in total. The van der Waals surface area contributed by atoms with Crippen molar-refractivity contribution in [1.82, 2.24) is 0 Å². The van der Waals surface area contributed by atoms with Gasteiger partial charge in [-0.15, -0.1) is 0 Å². The monoisotopic (exact) mass is 322 g/mol. The highest BCUT2D eigenvalue weighted by molar-refractivity contribution is 5.26. The SMILES string of the molecule is CCCCCCC1CCC(c2ccc(CCC(F)F)cc2)CC1. The van der Waals surface area contributed by atoms with E-state index in [1.807, 2.05) is 0 Å². The summed E-state index contributed by atoms with van der Waals surface area (Å²) in [7, 11) is 0. The summed E-state index contributed by atoms with van der Waals surface area (Å²) in [5, 5.41) is 0. The van der Waals surface area contributed by atoms with E-state index in [9.17, 15) is 8.78 Å². The summed E-state index contributed by atoms with van der Waals surface area (Å²) in [4.78, 5) is 0. The summed E-state index contributed by atoms with van der Waals surface area (Å²) in [6, 6.07) is 8.45. The molecule has 1 aromatic rings. The topological polar surface area (TPSA) is 0 Å². The van der Waals surface area contributed by atoms with Gasteiger partial charge in [0.15, 0.2) is 0 Å². The van der Waals surface area contributed by atoms with Crippen molar-refractivity contribution in [1.29, 1.82) is 0 Å². The van der Waals surface area contributed by atoms with Crippen LogP contribution in [0.5, 0.6) is 0 Å². The predicted octanol–water partition coefficient (Wildman–Crippen LogP) is 7.13. The van der Waals surface area contributed by atoms with Crippen molar-refractivity contribution in [2.75, 3.05) is 0 Å². The number of unbranched alkanes of at least 4 members (excludes halogenated alkanes) is 3. The molecule has 0 bridgehead atoms. The normalized spacial score (nSPS) is 21.7. The second kappa shape index (κ2) is 10.1. The van der Waals surface area contributed by atoms with Gasteiger partial charge < -0.3 is 0 Å². The Morgan fingerprint density at radius 2 is 1.65 bits per heavy atom. The van der Waals surface area contributed by atoms with Gasteiger partial charge in [-0.1, -0.05) is 63.3 Å². The van der Waals surface area contributed by atoms with Crippen molar-refractivity contribution in [3.05, 3.63) is 35.4 Å². The van der Waals surface area contributed by atoms with Crippen molar-refractivity contribution in [2.45, 2.75) is 89.9 Å². The van der Waals surface area contributed by atoms with Crippen molar-refractivity contribution >= 4 is 0 Å². The predicted molar refractivity (Wildman–Crippen MR) is 94.2 cm³/mol. The molecule has 0 aromatic heterocycles. The first-order valence-electron chi connectivity index (χ1n) is 9.56. The van der Waals surface area contributed by atoms with Crippen LogP contribution >= 0.6 is 0 Å². The molecule has 2 heteroatoms. The zero-order valence-electron chi connectivity index (χ0n) is 14.6. The Hall–Kier alpha value is -0.920. The molecule has 0 heterocycles. The van der Waals surface area contributed by atoms with E-state index >= 15 is 0 Å². The first kappa shape index (κ1) is 18.4. The number of hydrogen-bond donors (Lipinski definition) is 0. The van der Waals surface area contributed by atoms with Crippen molar-refractivity contribution in [3.63, 3.8) is 0 Å². The van der Waals surface area contributed by atoms with E-state index < -0.39 is 6.43 Å². The lowest BCUT2D eigenvalue weighted by Crippen LogP contribution is -2.13. The van der Waals surface area contributed by atoms with Crippen LogP contribution in [0.25, 0.3) is 0 Å². The number of alkyl halides is 2. The van der Waals surface area contributed by atoms with Crippen LogP contribution in [0.2, 0.25) is 0 Å². The molecular formula is C21H32F2. The Balaban J connectivity index is 1.72. The number of aryl methyl sites for hydroxylation is 1. The molecule has 1 aromatic carbocycles.